The molecule has 0 heterocycles. The van der Waals surface area contributed by atoms with E-state index in [4.69, 9.17) is 11.6 Å². The van der Waals surface area contributed by atoms with Crippen LogP contribution in [0.15, 0.2) is 24.3 Å². The maximum Gasteiger partial charge on any atom is 0.0693 e. The fraction of sp³-hybridized carbons (Fsp3) is 0.647. The van der Waals surface area contributed by atoms with Crippen LogP contribution in [0.2, 0.25) is 5.02 Å². The van der Waals surface area contributed by atoms with Crippen LogP contribution in [0, 0.1) is 0 Å². The van der Waals surface area contributed by atoms with E-state index >= 15 is 0 Å². The Labute approximate surface area is 126 Å². The highest BCUT2D eigenvalue weighted by molar-refractivity contribution is 6.31. The van der Waals surface area contributed by atoms with E-state index < -0.39 is 0 Å². The zero-order chi connectivity index (χ0) is 13.9. The third-order valence-corrected chi connectivity index (χ3v) is 5.26. The number of aliphatic hydroxyl groups is 1. The number of nitrogens with one attached hydrogen (secondary N) is 1. The summed E-state index contributed by atoms with van der Waals surface area (Å²) in [7, 11) is 0. The van der Waals surface area contributed by atoms with Gasteiger partial charge in [0.1, 0.15) is 0 Å². The summed E-state index contributed by atoms with van der Waals surface area (Å²) in [6.45, 7) is 0. The molecule has 2 aliphatic carbocycles. The predicted molar refractivity (Wildman–Crippen MR) is 83.2 cm³/mol. The molecule has 0 aliphatic heterocycles. The lowest BCUT2D eigenvalue weighted by Crippen LogP contribution is -2.49. The normalized spacial score (nSPS) is 34.3. The smallest absolute Gasteiger partial charge is 0.0693 e. The van der Waals surface area contributed by atoms with Crippen molar-refractivity contribution >= 4 is 11.6 Å². The van der Waals surface area contributed by atoms with Gasteiger partial charge < -0.3 is 10.4 Å². The first kappa shape index (κ1) is 14.4. The van der Waals surface area contributed by atoms with Gasteiger partial charge in [-0.25, -0.2) is 0 Å². The van der Waals surface area contributed by atoms with Crippen molar-refractivity contribution in [1.82, 2.24) is 5.32 Å². The van der Waals surface area contributed by atoms with Crippen LogP contribution in [0.1, 0.15) is 56.4 Å². The molecular formula is C17H24ClNO. The van der Waals surface area contributed by atoms with E-state index in [1.54, 1.807) is 0 Å². The van der Waals surface area contributed by atoms with E-state index in [2.05, 4.69) is 17.4 Å². The van der Waals surface area contributed by atoms with E-state index in [0.717, 1.165) is 30.7 Å². The van der Waals surface area contributed by atoms with E-state index in [9.17, 15) is 5.11 Å². The lowest BCUT2D eigenvalue weighted by Gasteiger charge is -2.40. The standard InChI is InChI=1S/C17H24ClNO/c18-15-7-5-4-6-14(15)12-10-13(11-12)19-16-8-2-1-3-9-17(16)20/h4-7,12-13,16-17,19-20H,1-3,8-11H2. The largest absolute Gasteiger partial charge is 0.392 e. The highest BCUT2D eigenvalue weighted by atomic mass is 35.5. The number of aliphatic hydroxyl groups excluding tert-OH is 1. The molecule has 0 aromatic heterocycles. The SMILES string of the molecule is OC1CCCCCC1NC1CC(c2ccccc2Cl)C1. The summed E-state index contributed by atoms with van der Waals surface area (Å²) in [4.78, 5) is 0. The van der Waals surface area contributed by atoms with Crippen LogP contribution in [0.25, 0.3) is 0 Å². The molecular weight excluding hydrogens is 270 g/mol. The van der Waals surface area contributed by atoms with Crippen LogP contribution >= 0.6 is 11.6 Å². The van der Waals surface area contributed by atoms with Gasteiger partial charge in [0.2, 0.25) is 0 Å². The molecule has 2 atom stereocenters. The number of hydrogen-bond acceptors (Lipinski definition) is 2. The van der Waals surface area contributed by atoms with E-state index in [1.807, 2.05) is 12.1 Å². The Morgan fingerprint density at radius 2 is 1.80 bits per heavy atom. The Kier molecular flexibility index (Phi) is 4.65. The molecule has 3 heteroatoms. The minimum atomic E-state index is -0.156. The topological polar surface area (TPSA) is 32.3 Å². The Balaban J connectivity index is 1.52. The fourth-order valence-electron chi connectivity index (χ4n) is 3.60. The van der Waals surface area contributed by atoms with Gasteiger partial charge in [-0.2, -0.15) is 0 Å². The molecule has 1 aromatic carbocycles. The van der Waals surface area contributed by atoms with Gasteiger partial charge in [0.05, 0.1) is 6.10 Å². The van der Waals surface area contributed by atoms with Gasteiger partial charge >= 0.3 is 0 Å². The first-order valence-electron chi connectivity index (χ1n) is 7.92. The molecule has 0 amide bonds. The van der Waals surface area contributed by atoms with Crippen molar-refractivity contribution in [2.45, 2.75) is 69.1 Å². The van der Waals surface area contributed by atoms with Crippen molar-refractivity contribution in [3.8, 4) is 0 Å². The first-order chi connectivity index (χ1) is 9.74. The van der Waals surface area contributed by atoms with Crippen LogP contribution in [0.5, 0.6) is 0 Å². The monoisotopic (exact) mass is 293 g/mol. The van der Waals surface area contributed by atoms with Gasteiger partial charge in [0.25, 0.3) is 0 Å². The van der Waals surface area contributed by atoms with Crippen molar-refractivity contribution < 1.29 is 5.11 Å². The molecule has 2 N–H and O–H groups in total. The molecule has 0 spiro atoms. The number of hydrogen-bond donors (Lipinski definition) is 2. The Bertz CT molecular complexity index is 444. The average molecular weight is 294 g/mol. The Morgan fingerprint density at radius 3 is 2.60 bits per heavy atom. The van der Waals surface area contributed by atoms with Crippen LogP contribution in [-0.2, 0) is 0 Å². The molecule has 2 fully saturated rings. The van der Waals surface area contributed by atoms with Crippen LogP contribution in [-0.4, -0.2) is 23.3 Å². The Hall–Kier alpha value is -0.570. The molecule has 0 radical (unpaired) electrons. The van der Waals surface area contributed by atoms with Crippen molar-refractivity contribution in [1.29, 1.82) is 0 Å². The predicted octanol–water partition coefficient (Wildman–Crippen LogP) is 3.87. The highest BCUT2D eigenvalue weighted by Crippen LogP contribution is 2.40. The van der Waals surface area contributed by atoms with Crippen LogP contribution in [0.3, 0.4) is 0 Å². The maximum absolute atomic E-state index is 10.2. The van der Waals surface area contributed by atoms with Crippen molar-refractivity contribution in [2.75, 3.05) is 0 Å². The van der Waals surface area contributed by atoms with Gasteiger partial charge in [0, 0.05) is 17.1 Å². The molecule has 2 aliphatic rings. The second kappa shape index (κ2) is 6.46. The molecule has 2 nitrogen and oxygen atoms in total. The fourth-order valence-corrected chi connectivity index (χ4v) is 3.89. The maximum atomic E-state index is 10.2. The van der Waals surface area contributed by atoms with Gasteiger partial charge in [-0.15, -0.1) is 0 Å². The zero-order valence-electron chi connectivity index (χ0n) is 11.9. The van der Waals surface area contributed by atoms with Crippen molar-refractivity contribution in [2.24, 2.45) is 0 Å². The highest BCUT2D eigenvalue weighted by Gasteiger charge is 2.34. The van der Waals surface area contributed by atoms with Gasteiger partial charge in [-0.1, -0.05) is 49.1 Å². The average Bonchev–Trinajstić information content (AvgIpc) is 2.60. The lowest BCUT2D eigenvalue weighted by molar-refractivity contribution is 0.102. The van der Waals surface area contributed by atoms with E-state index in [1.165, 1.54) is 24.8 Å². The number of benzene rings is 1. The summed E-state index contributed by atoms with van der Waals surface area (Å²) >= 11 is 6.26. The molecule has 3 rings (SSSR count). The molecule has 2 unspecified atom stereocenters. The quantitative estimate of drug-likeness (QED) is 0.829. The van der Waals surface area contributed by atoms with Gasteiger partial charge in [-0.05, 0) is 43.2 Å². The molecule has 2 saturated carbocycles. The lowest BCUT2D eigenvalue weighted by atomic mass is 9.75. The summed E-state index contributed by atoms with van der Waals surface area (Å²) in [5.41, 5.74) is 1.29. The number of rotatable bonds is 3. The summed E-state index contributed by atoms with van der Waals surface area (Å²) in [5.74, 6) is 0.587. The second-order valence-corrected chi connectivity index (χ2v) is 6.77. The summed E-state index contributed by atoms with van der Waals surface area (Å²) in [6.07, 6.45) is 7.90. The van der Waals surface area contributed by atoms with Crippen molar-refractivity contribution in [3.05, 3.63) is 34.9 Å². The molecule has 20 heavy (non-hydrogen) atoms. The zero-order valence-corrected chi connectivity index (χ0v) is 12.6. The Morgan fingerprint density at radius 1 is 1.05 bits per heavy atom. The minimum Gasteiger partial charge on any atom is -0.392 e. The van der Waals surface area contributed by atoms with Gasteiger partial charge in [-0.3, -0.25) is 0 Å². The third-order valence-electron chi connectivity index (χ3n) is 4.91. The second-order valence-electron chi connectivity index (χ2n) is 6.37. The summed E-state index contributed by atoms with van der Waals surface area (Å²) in [5, 5.41) is 14.7. The first-order valence-corrected chi connectivity index (χ1v) is 8.30. The number of halogens is 1. The van der Waals surface area contributed by atoms with Gasteiger partial charge in [0.15, 0.2) is 0 Å². The molecule has 1 aromatic rings. The van der Waals surface area contributed by atoms with Crippen molar-refractivity contribution in [3.63, 3.8) is 0 Å². The molecule has 0 bridgehead atoms. The summed E-state index contributed by atoms with van der Waals surface area (Å²) in [6, 6.07) is 9.03. The third kappa shape index (κ3) is 3.19. The minimum absolute atomic E-state index is 0.156. The molecule has 110 valence electrons. The van der Waals surface area contributed by atoms with E-state index in [-0.39, 0.29) is 6.10 Å². The van der Waals surface area contributed by atoms with Crippen LogP contribution in [0.4, 0.5) is 0 Å². The van der Waals surface area contributed by atoms with Crippen LogP contribution < -0.4 is 5.32 Å². The van der Waals surface area contributed by atoms with E-state index in [0.29, 0.717) is 18.0 Å². The summed E-state index contributed by atoms with van der Waals surface area (Å²) < 4.78 is 0. The molecule has 0 saturated heterocycles.